The molecule has 4 rings (SSSR count). The monoisotopic (exact) mass is 425 g/mol. The van der Waals surface area contributed by atoms with E-state index >= 15 is 0 Å². The zero-order valence-electron chi connectivity index (χ0n) is 16.1. The molecular weight excluding hydrogens is 406 g/mol. The second kappa shape index (κ2) is 8.27. The Labute approximate surface area is 177 Å². The van der Waals surface area contributed by atoms with Crippen molar-refractivity contribution in [2.45, 2.75) is 6.42 Å². The summed E-state index contributed by atoms with van der Waals surface area (Å²) in [5, 5.41) is 9.31. The van der Waals surface area contributed by atoms with Crippen LogP contribution in [0.4, 0.5) is 0 Å². The minimum Gasteiger partial charge on any atom is -0.497 e. The molecule has 0 bridgehead atoms. The van der Waals surface area contributed by atoms with Gasteiger partial charge in [0.25, 0.3) is 5.91 Å². The Morgan fingerprint density at radius 3 is 2.76 bits per heavy atom. The van der Waals surface area contributed by atoms with Crippen LogP contribution in [0.2, 0.25) is 5.02 Å². The Hall–Kier alpha value is -2.83. The first-order valence-corrected chi connectivity index (χ1v) is 10.4. The lowest BCUT2D eigenvalue weighted by Crippen LogP contribution is -2.24. The molecule has 0 atom stereocenters. The van der Waals surface area contributed by atoms with Gasteiger partial charge in [-0.15, -0.1) is 11.3 Å². The number of amides is 1. The predicted octanol–water partition coefficient (Wildman–Crippen LogP) is 4.94. The van der Waals surface area contributed by atoms with Crippen LogP contribution >= 0.6 is 22.9 Å². The van der Waals surface area contributed by atoms with Gasteiger partial charge in [-0.2, -0.15) is 5.10 Å². The maximum Gasteiger partial charge on any atom is 0.261 e. The van der Waals surface area contributed by atoms with E-state index in [9.17, 15) is 4.79 Å². The molecule has 0 aliphatic carbocycles. The van der Waals surface area contributed by atoms with E-state index in [4.69, 9.17) is 16.3 Å². The number of fused-ring (bicyclic) bond motifs is 1. The standard InChI is InChI=1S/C22H20ClN3O2S/c1-26-22-18(20(25-26)15-4-3-5-17(12-15)28-2)13-19(29-22)21(27)24-11-10-14-6-8-16(23)9-7-14/h3-9,12-13H,10-11H2,1-2H3,(H,24,27). The van der Waals surface area contributed by atoms with E-state index in [1.807, 2.05) is 66.3 Å². The van der Waals surface area contributed by atoms with Crippen molar-refractivity contribution in [3.8, 4) is 17.0 Å². The average Bonchev–Trinajstić information content (AvgIpc) is 3.30. The molecule has 5 nitrogen and oxygen atoms in total. The number of nitrogens with one attached hydrogen (secondary N) is 1. The van der Waals surface area contributed by atoms with Crippen LogP contribution in [0.5, 0.6) is 5.75 Å². The quantitative estimate of drug-likeness (QED) is 0.476. The lowest BCUT2D eigenvalue weighted by molar-refractivity contribution is 0.0958. The molecule has 148 valence electrons. The van der Waals surface area contributed by atoms with E-state index in [2.05, 4.69) is 10.4 Å². The van der Waals surface area contributed by atoms with Crippen LogP contribution in [0.3, 0.4) is 0 Å². The average molecular weight is 426 g/mol. The first kappa shape index (κ1) is 19.5. The van der Waals surface area contributed by atoms with Gasteiger partial charge in [-0.3, -0.25) is 9.48 Å². The molecule has 0 unspecified atom stereocenters. The van der Waals surface area contributed by atoms with Crippen LogP contribution in [0, 0.1) is 0 Å². The zero-order chi connectivity index (χ0) is 20.4. The van der Waals surface area contributed by atoms with Gasteiger partial charge in [0, 0.05) is 29.6 Å². The van der Waals surface area contributed by atoms with Gasteiger partial charge in [0.05, 0.1) is 12.0 Å². The van der Waals surface area contributed by atoms with Crippen molar-refractivity contribution in [1.29, 1.82) is 0 Å². The van der Waals surface area contributed by atoms with E-state index in [1.54, 1.807) is 7.11 Å². The van der Waals surface area contributed by atoms with Gasteiger partial charge in [-0.1, -0.05) is 35.9 Å². The third-order valence-electron chi connectivity index (χ3n) is 4.69. The number of benzene rings is 2. The molecule has 0 fully saturated rings. The van der Waals surface area contributed by atoms with Crippen molar-refractivity contribution in [2.24, 2.45) is 7.05 Å². The molecule has 2 aromatic heterocycles. The van der Waals surface area contributed by atoms with E-state index in [0.717, 1.165) is 39.2 Å². The summed E-state index contributed by atoms with van der Waals surface area (Å²) in [6.07, 6.45) is 0.754. The van der Waals surface area contributed by atoms with Crippen LogP contribution < -0.4 is 10.1 Å². The van der Waals surface area contributed by atoms with Crippen molar-refractivity contribution >= 4 is 39.1 Å². The van der Waals surface area contributed by atoms with Crippen molar-refractivity contribution in [3.63, 3.8) is 0 Å². The van der Waals surface area contributed by atoms with Crippen molar-refractivity contribution < 1.29 is 9.53 Å². The first-order valence-electron chi connectivity index (χ1n) is 9.19. The van der Waals surface area contributed by atoms with Gasteiger partial charge in [0.15, 0.2) is 0 Å². The van der Waals surface area contributed by atoms with Gasteiger partial charge in [-0.05, 0) is 42.3 Å². The Kier molecular flexibility index (Phi) is 5.56. The van der Waals surface area contributed by atoms with Gasteiger partial charge in [-0.25, -0.2) is 0 Å². The minimum absolute atomic E-state index is 0.0724. The van der Waals surface area contributed by atoms with E-state index in [1.165, 1.54) is 11.3 Å². The van der Waals surface area contributed by atoms with Crippen LogP contribution in [-0.2, 0) is 13.5 Å². The van der Waals surface area contributed by atoms with Crippen LogP contribution in [0.25, 0.3) is 21.5 Å². The second-order valence-corrected chi connectivity index (χ2v) is 8.13. The third-order valence-corrected chi connectivity index (χ3v) is 6.14. The topological polar surface area (TPSA) is 56.2 Å². The Balaban J connectivity index is 1.52. The lowest BCUT2D eigenvalue weighted by Gasteiger charge is -2.04. The number of hydrogen-bond donors (Lipinski definition) is 1. The maximum atomic E-state index is 12.6. The molecule has 2 heterocycles. The highest BCUT2D eigenvalue weighted by molar-refractivity contribution is 7.20. The molecule has 0 radical (unpaired) electrons. The van der Waals surface area contributed by atoms with Crippen LogP contribution in [-0.4, -0.2) is 29.3 Å². The summed E-state index contributed by atoms with van der Waals surface area (Å²) in [6.45, 7) is 0.565. The summed E-state index contributed by atoms with van der Waals surface area (Å²) in [6, 6.07) is 17.4. The number of halogens is 1. The van der Waals surface area contributed by atoms with E-state index < -0.39 is 0 Å². The Bertz CT molecular complexity index is 1160. The Morgan fingerprint density at radius 2 is 2.00 bits per heavy atom. The van der Waals surface area contributed by atoms with Crippen LogP contribution in [0.1, 0.15) is 15.2 Å². The SMILES string of the molecule is COc1cccc(-c2nn(C)c3sc(C(=O)NCCc4ccc(Cl)cc4)cc23)c1. The number of methoxy groups -OCH3 is 1. The molecule has 0 saturated carbocycles. The zero-order valence-corrected chi connectivity index (χ0v) is 17.7. The number of carbonyl (C=O) groups is 1. The number of nitrogens with zero attached hydrogens (tertiary/aromatic N) is 2. The maximum absolute atomic E-state index is 12.6. The number of thiophene rings is 1. The number of rotatable bonds is 6. The first-order chi connectivity index (χ1) is 14.0. The minimum atomic E-state index is -0.0724. The van der Waals surface area contributed by atoms with Crippen LogP contribution in [0.15, 0.2) is 54.6 Å². The highest BCUT2D eigenvalue weighted by Crippen LogP contribution is 2.34. The fourth-order valence-electron chi connectivity index (χ4n) is 3.19. The lowest BCUT2D eigenvalue weighted by atomic mass is 10.1. The van der Waals surface area contributed by atoms with Crippen molar-refractivity contribution in [3.05, 3.63) is 70.1 Å². The molecule has 0 aliphatic heterocycles. The molecule has 2 aromatic carbocycles. The van der Waals surface area contributed by atoms with E-state index in [0.29, 0.717) is 16.4 Å². The molecule has 1 N–H and O–H groups in total. The third kappa shape index (κ3) is 4.13. The van der Waals surface area contributed by atoms with E-state index in [-0.39, 0.29) is 5.91 Å². The molecule has 4 aromatic rings. The molecular formula is C22H20ClN3O2S. The molecule has 0 aliphatic rings. The van der Waals surface area contributed by atoms with Gasteiger partial charge >= 0.3 is 0 Å². The summed E-state index contributed by atoms with van der Waals surface area (Å²) >= 11 is 7.35. The number of aryl methyl sites for hydroxylation is 1. The highest BCUT2D eigenvalue weighted by Gasteiger charge is 2.18. The fraction of sp³-hybridized carbons (Fsp3) is 0.182. The summed E-state index contributed by atoms with van der Waals surface area (Å²) in [4.78, 5) is 14.3. The summed E-state index contributed by atoms with van der Waals surface area (Å²) in [7, 11) is 3.54. The number of aromatic nitrogens is 2. The smallest absolute Gasteiger partial charge is 0.261 e. The second-order valence-electron chi connectivity index (χ2n) is 6.67. The van der Waals surface area contributed by atoms with Crippen molar-refractivity contribution in [1.82, 2.24) is 15.1 Å². The predicted molar refractivity (Wildman–Crippen MR) is 118 cm³/mol. The highest BCUT2D eigenvalue weighted by atomic mass is 35.5. The van der Waals surface area contributed by atoms with Gasteiger partial charge in [0.2, 0.25) is 0 Å². The van der Waals surface area contributed by atoms with Crippen molar-refractivity contribution in [2.75, 3.05) is 13.7 Å². The molecule has 0 spiro atoms. The Morgan fingerprint density at radius 1 is 1.21 bits per heavy atom. The fourth-order valence-corrected chi connectivity index (χ4v) is 4.31. The summed E-state index contributed by atoms with van der Waals surface area (Å²) < 4.78 is 7.14. The molecule has 29 heavy (non-hydrogen) atoms. The number of carbonyl (C=O) groups excluding carboxylic acids is 1. The number of ether oxygens (including phenoxy) is 1. The normalized spacial score (nSPS) is 11.0. The molecule has 1 amide bonds. The summed E-state index contributed by atoms with van der Waals surface area (Å²) in [5.74, 6) is 0.702. The number of hydrogen-bond acceptors (Lipinski definition) is 4. The molecule has 7 heteroatoms. The van der Waals surface area contributed by atoms with Gasteiger partial charge in [0.1, 0.15) is 16.3 Å². The molecule has 0 saturated heterocycles. The van der Waals surface area contributed by atoms with Gasteiger partial charge < -0.3 is 10.1 Å². The largest absolute Gasteiger partial charge is 0.497 e. The summed E-state index contributed by atoms with van der Waals surface area (Å²) in [5.41, 5.74) is 2.94.